The highest BCUT2D eigenvalue weighted by Gasteiger charge is 2.12. The molecule has 0 aliphatic heterocycles. The lowest BCUT2D eigenvalue weighted by Gasteiger charge is -2.04. The van der Waals surface area contributed by atoms with Crippen molar-refractivity contribution in [3.8, 4) is 11.4 Å². The van der Waals surface area contributed by atoms with Gasteiger partial charge in [-0.3, -0.25) is 9.13 Å². The second-order valence-corrected chi connectivity index (χ2v) is 4.37. The topological polar surface area (TPSA) is 36.2 Å². The number of fused-ring (bicyclic) bond motifs is 1. The highest BCUT2D eigenvalue weighted by Crippen LogP contribution is 2.22. The average Bonchev–Trinajstić information content (AvgIpc) is 2.71. The van der Waals surface area contributed by atoms with Crippen LogP contribution in [0.5, 0.6) is 5.75 Å². The summed E-state index contributed by atoms with van der Waals surface area (Å²) in [5.41, 5.74) is 2.52. The summed E-state index contributed by atoms with van der Waals surface area (Å²) < 4.78 is 8.57. The number of imidazole rings is 1. The molecule has 0 bridgehead atoms. The maximum atomic E-state index is 12.4. The first-order chi connectivity index (χ1) is 9.22. The van der Waals surface area contributed by atoms with E-state index in [9.17, 15) is 4.79 Å². The molecule has 0 unspecified atom stereocenters. The van der Waals surface area contributed by atoms with E-state index in [1.807, 2.05) is 48.5 Å². The van der Waals surface area contributed by atoms with Gasteiger partial charge in [0.25, 0.3) is 0 Å². The minimum absolute atomic E-state index is 0.0607. The summed E-state index contributed by atoms with van der Waals surface area (Å²) in [5.74, 6) is 0.739. The monoisotopic (exact) mass is 254 g/mol. The number of aryl methyl sites for hydroxylation is 1. The fourth-order valence-corrected chi connectivity index (χ4v) is 2.28. The summed E-state index contributed by atoms with van der Waals surface area (Å²) in [4.78, 5) is 12.4. The molecule has 4 heteroatoms. The van der Waals surface area contributed by atoms with Crippen LogP contribution in [0.1, 0.15) is 0 Å². The molecule has 0 radical (unpaired) electrons. The number of benzene rings is 2. The van der Waals surface area contributed by atoms with Crippen molar-refractivity contribution in [3.63, 3.8) is 0 Å². The molecule has 0 aliphatic carbocycles. The number of rotatable bonds is 2. The van der Waals surface area contributed by atoms with Gasteiger partial charge in [0.05, 0.1) is 23.8 Å². The van der Waals surface area contributed by atoms with Crippen molar-refractivity contribution in [1.82, 2.24) is 9.13 Å². The van der Waals surface area contributed by atoms with Crippen LogP contribution in [0.15, 0.2) is 53.3 Å². The molecule has 0 saturated carbocycles. The molecule has 1 heterocycles. The largest absolute Gasteiger partial charge is 0.497 e. The van der Waals surface area contributed by atoms with Gasteiger partial charge in [0.1, 0.15) is 5.75 Å². The van der Waals surface area contributed by atoms with E-state index in [0.717, 1.165) is 22.5 Å². The Morgan fingerprint density at radius 1 is 1.00 bits per heavy atom. The van der Waals surface area contributed by atoms with Crippen LogP contribution in [0.4, 0.5) is 0 Å². The van der Waals surface area contributed by atoms with E-state index >= 15 is 0 Å². The summed E-state index contributed by atoms with van der Waals surface area (Å²) >= 11 is 0. The Labute approximate surface area is 110 Å². The molecule has 4 nitrogen and oxygen atoms in total. The lowest BCUT2D eigenvalue weighted by atomic mass is 10.2. The Hall–Kier alpha value is -2.49. The van der Waals surface area contributed by atoms with Gasteiger partial charge in [-0.2, -0.15) is 0 Å². The van der Waals surface area contributed by atoms with Crippen molar-refractivity contribution in [2.75, 3.05) is 7.11 Å². The van der Waals surface area contributed by atoms with Gasteiger partial charge >= 0.3 is 5.69 Å². The van der Waals surface area contributed by atoms with Gasteiger partial charge in [0.2, 0.25) is 0 Å². The predicted molar refractivity (Wildman–Crippen MR) is 75.1 cm³/mol. The summed E-state index contributed by atoms with van der Waals surface area (Å²) in [7, 11) is 3.39. The molecule has 3 rings (SSSR count). The molecular formula is C15H14N2O2. The molecule has 0 amide bonds. The Morgan fingerprint density at radius 2 is 1.74 bits per heavy atom. The van der Waals surface area contributed by atoms with E-state index in [0.29, 0.717) is 0 Å². The second-order valence-electron chi connectivity index (χ2n) is 4.37. The fraction of sp³-hybridized carbons (Fsp3) is 0.133. The third-order valence-electron chi connectivity index (χ3n) is 3.28. The lowest BCUT2D eigenvalue weighted by molar-refractivity contribution is 0.415. The molecule has 19 heavy (non-hydrogen) atoms. The molecule has 0 atom stereocenters. The van der Waals surface area contributed by atoms with Crippen LogP contribution in [-0.2, 0) is 7.05 Å². The van der Waals surface area contributed by atoms with Crippen LogP contribution in [0.25, 0.3) is 16.7 Å². The Morgan fingerprint density at radius 3 is 2.42 bits per heavy atom. The van der Waals surface area contributed by atoms with E-state index in [1.165, 1.54) is 0 Å². The van der Waals surface area contributed by atoms with Crippen molar-refractivity contribution >= 4 is 11.0 Å². The smallest absolute Gasteiger partial charge is 0.333 e. The van der Waals surface area contributed by atoms with Crippen LogP contribution in [0.3, 0.4) is 0 Å². The first kappa shape index (κ1) is 11.6. The van der Waals surface area contributed by atoms with Crippen molar-refractivity contribution < 1.29 is 4.74 Å². The van der Waals surface area contributed by atoms with Gasteiger partial charge in [-0.15, -0.1) is 0 Å². The maximum Gasteiger partial charge on any atom is 0.333 e. The zero-order valence-electron chi connectivity index (χ0n) is 10.8. The van der Waals surface area contributed by atoms with Crippen LogP contribution >= 0.6 is 0 Å². The molecule has 96 valence electrons. The third-order valence-corrected chi connectivity index (χ3v) is 3.28. The quantitative estimate of drug-likeness (QED) is 0.703. The highest BCUT2D eigenvalue weighted by atomic mass is 16.5. The van der Waals surface area contributed by atoms with E-state index in [4.69, 9.17) is 4.74 Å². The van der Waals surface area contributed by atoms with E-state index < -0.39 is 0 Å². The molecule has 2 aromatic carbocycles. The van der Waals surface area contributed by atoms with Crippen molar-refractivity contribution in [2.24, 2.45) is 7.05 Å². The van der Waals surface area contributed by atoms with Gasteiger partial charge in [-0.05, 0) is 24.3 Å². The standard InChI is InChI=1S/C15H14N2O2/c1-16-13-9-8-12(19-2)10-14(13)17(15(16)18)11-6-4-3-5-7-11/h3-10H,1-2H3. The molecule has 3 aromatic rings. The number of methoxy groups -OCH3 is 1. The van der Waals surface area contributed by atoms with Gasteiger partial charge in [-0.1, -0.05) is 18.2 Å². The maximum absolute atomic E-state index is 12.4. The van der Waals surface area contributed by atoms with Crippen LogP contribution in [-0.4, -0.2) is 16.2 Å². The van der Waals surface area contributed by atoms with Crippen molar-refractivity contribution in [3.05, 3.63) is 59.0 Å². The van der Waals surface area contributed by atoms with E-state index in [2.05, 4.69) is 0 Å². The molecule has 0 saturated heterocycles. The molecule has 0 aliphatic rings. The zero-order chi connectivity index (χ0) is 13.4. The van der Waals surface area contributed by atoms with Gasteiger partial charge in [-0.25, -0.2) is 4.79 Å². The normalized spacial score (nSPS) is 10.8. The Balaban J connectivity index is 2.41. The number of hydrogen-bond donors (Lipinski definition) is 0. The first-order valence-corrected chi connectivity index (χ1v) is 6.03. The number of hydrogen-bond acceptors (Lipinski definition) is 2. The summed E-state index contributed by atoms with van der Waals surface area (Å²) in [6, 6.07) is 15.2. The van der Waals surface area contributed by atoms with E-state index in [1.54, 1.807) is 23.3 Å². The summed E-state index contributed by atoms with van der Waals surface area (Å²) in [5, 5.41) is 0. The predicted octanol–water partition coefficient (Wildman–Crippen LogP) is 2.34. The summed E-state index contributed by atoms with van der Waals surface area (Å²) in [6.45, 7) is 0. The van der Waals surface area contributed by atoms with Crippen LogP contribution < -0.4 is 10.4 Å². The van der Waals surface area contributed by atoms with Gasteiger partial charge in [0.15, 0.2) is 0 Å². The zero-order valence-corrected chi connectivity index (χ0v) is 10.8. The lowest BCUT2D eigenvalue weighted by Crippen LogP contribution is -2.20. The number of aromatic nitrogens is 2. The van der Waals surface area contributed by atoms with Crippen molar-refractivity contribution in [1.29, 1.82) is 0 Å². The molecule has 0 N–H and O–H groups in total. The summed E-state index contributed by atoms with van der Waals surface area (Å²) in [6.07, 6.45) is 0. The number of ether oxygens (including phenoxy) is 1. The first-order valence-electron chi connectivity index (χ1n) is 6.03. The minimum Gasteiger partial charge on any atom is -0.497 e. The SMILES string of the molecule is COc1ccc2c(c1)n(-c1ccccc1)c(=O)n2C. The Bertz CT molecular complexity index is 785. The fourth-order valence-electron chi connectivity index (χ4n) is 2.28. The molecule has 0 fully saturated rings. The average molecular weight is 254 g/mol. The highest BCUT2D eigenvalue weighted by molar-refractivity contribution is 5.79. The number of nitrogens with zero attached hydrogens (tertiary/aromatic N) is 2. The molecular weight excluding hydrogens is 240 g/mol. The van der Waals surface area contributed by atoms with Crippen LogP contribution in [0, 0.1) is 0 Å². The minimum atomic E-state index is -0.0607. The van der Waals surface area contributed by atoms with Crippen LogP contribution in [0.2, 0.25) is 0 Å². The van der Waals surface area contributed by atoms with E-state index in [-0.39, 0.29) is 5.69 Å². The molecule has 0 spiro atoms. The second kappa shape index (κ2) is 4.31. The number of para-hydroxylation sites is 1. The third kappa shape index (κ3) is 1.73. The van der Waals surface area contributed by atoms with Gasteiger partial charge < -0.3 is 4.74 Å². The molecule has 1 aromatic heterocycles. The Kier molecular flexibility index (Phi) is 2.63. The van der Waals surface area contributed by atoms with Crippen molar-refractivity contribution in [2.45, 2.75) is 0 Å². The van der Waals surface area contributed by atoms with Gasteiger partial charge in [0, 0.05) is 13.1 Å².